The third kappa shape index (κ3) is 7.77. The predicted octanol–water partition coefficient (Wildman–Crippen LogP) is 4.23. The van der Waals surface area contributed by atoms with E-state index < -0.39 is 29.7 Å². The number of imide groups is 2. The van der Waals surface area contributed by atoms with Crippen molar-refractivity contribution in [2.24, 2.45) is 11.7 Å². The van der Waals surface area contributed by atoms with Gasteiger partial charge in [-0.3, -0.25) is 39.0 Å². The van der Waals surface area contributed by atoms with E-state index in [0.717, 1.165) is 113 Å². The van der Waals surface area contributed by atoms with Crippen LogP contribution in [-0.4, -0.2) is 115 Å². The molecular weight excluding hydrogens is 749 g/mol. The van der Waals surface area contributed by atoms with Crippen LogP contribution in [-0.2, 0) is 14.4 Å². The van der Waals surface area contributed by atoms with Crippen molar-refractivity contribution >= 4 is 58.2 Å². The standard InChI is InChI=1S/C45H52N8O6/c46-42(56)36-12-10-33(50-18-1-3-34(27-50)52-19-2-4-41(52)55)24-38(36)47-31-7-5-29(6-8-31)30-16-20-49(21-17-30)25-28-15-22-51(26-28)32-9-11-35-37(23-32)45(59)53(44(35)58)39-13-14-40(54)48-43(39)57/h5-12,23-24,28,30,34,39,47H,1-4,13-22,25-27H2,(H2,46,56)(H,48,54,57)/t28-,34?,39?/m0/s1. The van der Waals surface area contributed by atoms with E-state index in [1.54, 1.807) is 18.2 Å². The second-order valence-corrected chi connectivity index (χ2v) is 17.1. The van der Waals surface area contributed by atoms with Gasteiger partial charge in [-0.15, -0.1) is 0 Å². The first kappa shape index (κ1) is 38.7. The summed E-state index contributed by atoms with van der Waals surface area (Å²) in [5, 5.41) is 5.72. The minimum atomic E-state index is -0.971. The van der Waals surface area contributed by atoms with Crippen LogP contribution in [0.1, 0.15) is 100 Å². The quantitative estimate of drug-likeness (QED) is 0.253. The Morgan fingerprint density at radius 2 is 1.47 bits per heavy atom. The van der Waals surface area contributed by atoms with Crippen LogP contribution in [0.3, 0.4) is 0 Å². The summed E-state index contributed by atoms with van der Waals surface area (Å²) in [6.45, 7) is 7.30. The Hall–Kier alpha value is -5.76. The molecule has 6 heterocycles. The number of carbonyl (C=O) groups excluding carboxylic acids is 6. The van der Waals surface area contributed by atoms with Crippen molar-refractivity contribution in [3.63, 3.8) is 0 Å². The van der Waals surface area contributed by atoms with E-state index >= 15 is 0 Å². The lowest BCUT2D eigenvalue weighted by Crippen LogP contribution is -2.54. The number of benzene rings is 3. The Labute approximate surface area is 344 Å². The average Bonchev–Trinajstić information content (AvgIpc) is 3.96. The molecule has 6 amide bonds. The minimum absolute atomic E-state index is 0.0936. The summed E-state index contributed by atoms with van der Waals surface area (Å²) >= 11 is 0. The Balaban J connectivity index is 0.772. The van der Waals surface area contributed by atoms with Gasteiger partial charge in [0, 0.05) is 75.2 Å². The number of carbonyl (C=O) groups is 6. The lowest BCUT2D eigenvalue weighted by molar-refractivity contribution is -0.136. The highest BCUT2D eigenvalue weighted by Crippen LogP contribution is 2.35. The topological polar surface area (TPSA) is 169 Å². The Kier molecular flexibility index (Phi) is 10.6. The van der Waals surface area contributed by atoms with Gasteiger partial charge in [-0.1, -0.05) is 12.1 Å². The highest BCUT2D eigenvalue weighted by molar-refractivity contribution is 6.23. The molecule has 0 radical (unpaired) electrons. The maximum Gasteiger partial charge on any atom is 0.262 e. The fraction of sp³-hybridized carbons (Fsp3) is 0.467. The van der Waals surface area contributed by atoms with E-state index in [4.69, 9.17) is 5.73 Å². The van der Waals surface area contributed by atoms with E-state index in [1.165, 1.54) is 5.56 Å². The average molecular weight is 801 g/mol. The van der Waals surface area contributed by atoms with E-state index in [1.807, 2.05) is 18.2 Å². The molecule has 59 heavy (non-hydrogen) atoms. The van der Waals surface area contributed by atoms with Crippen molar-refractivity contribution in [2.45, 2.75) is 75.8 Å². The molecule has 0 aromatic heterocycles. The van der Waals surface area contributed by atoms with E-state index in [0.29, 0.717) is 40.6 Å². The summed E-state index contributed by atoms with van der Waals surface area (Å²) in [7, 11) is 0. The van der Waals surface area contributed by atoms with Crippen LogP contribution in [0.4, 0.5) is 22.7 Å². The van der Waals surface area contributed by atoms with Crippen LogP contribution in [0.25, 0.3) is 0 Å². The molecule has 0 saturated carbocycles. The highest BCUT2D eigenvalue weighted by atomic mass is 16.2. The zero-order chi connectivity index (χ0) is 40.8. The second kappa shape index (κ2) is 16.1. The number of anilines is 4. The van der Waals surface area contributed by atoms with E-state index in [9.17, 15) is 28.8 Å². The zero-order valence-corrected chi connectivity index (χ0v) is 33.4. The monoisotopic (exact) mass is 800 g/mol. The summed E-state index contributed by atoms with van der Waals surface area (Å²) in [5.74, 6) is -1.23. The third-order valence-electron chi connectivity index (χ3n) is 13.4. The van der Waals surface area contributed by atoms with E-state index in [-0.39, 0.29) is 30.7 Å². The summed E-state index contributed by atoms with van der Waals surface area (Å²) in [5.41, 5.74) is 11.7. The Morgan fingerprint density at radius 3 is 2.22 bits per heavy atom. The number of nitrogens with one attached hydrogen (secondary N) is 2. The summed E-state index contributed by atoms with van der Waals surface area (Å²) < 4.78 is 0. The van der Waals surface area contributed by atoms with Crippen LogP contribution in [0.2, 0.25) is 0 Å². The first-order valence-electron chi connectivity index (χ1n) is 21.3. The number of nitrogens with zero attached hydrogens (tertiary/aromatic N) is 5. The lowest BCUT2D eigenvalue weighted by Gasteiger charge is -2.39. The van der Waals surface area contributed by atoms with Crippen molar-refractivity contribution < 1.29 is 28.8 Å². The number of likely N-dealkylation sites (tertiary alicyclic amines) is 2. The minimum Gasteiger partial charge on any atom is -0.371 e. The second-order valence-electron chi connectivity index (χ2n) is 17.1. The number of primary amides is 1. The third-order valence-corrected chi connectivity index (χ3v) is 13.4. The van der Waals surface area contributed by atoms with Gasteiger partial charge in [0.15, 0.2) is 0 Å². The number of nitrogens with two attached hydrogens (primary N) is 1. The van der Waals surface area contributed by atoms with Gasteiger partial charge in [-0.05, 0) is 124 Å². The molecule has 0 spiro atoms. The molecule has 308 valence electrons. The fourth-order valence-corrected chi connectivity index (χ4v) is 10.2. The van der Waals surface area contributed by atoms with Gasteiger partial charge in [-0.2, -0.15) is 0 Å². The van der Waals surface area contributed by atoms with Crippen molar-refractivity contribution in [2.75, 3.05) is 67.5 Å². The maximum atomic E-state index is 13.4. The molecule has 6 aliphatic heterocycles. The number of hydrogen-bond acceptors (Lipinski definition) is 10. The van der Waals surface area contributed by atoms with Gasteiger partial charge in [-0.25, -0.2) is 0 Å². The van der Waals surface area contributed by atoms with Crippen molar-refractivity contribution in [3.05, 3.63) is 82.9 Å². The lowest BCUT2D eigenvalue weighted by atomic mass is 9.89. The molecule has 0 aliphatic carbocycles. The van der Waals surface area contributed by atoms with Gasteiger partial charge < -0.3 is 30.7 Å². The number of hydrogen-bond donors (Lipinski definition) is 3. The molecule has 3 aromatic rings. The van der Waals surface area contributed by atoms with Crippen molar-refractivity contribution in [1.29, 1.82) is 0 Å². The van der Waals surface area contributed by atoms with Crippen LogP contribution < -0.4 is 26.2 Å². The van der Waals surface area contributed by atoms with Gasteiger partial charge in [0.25, 0.3) is 17.7 Å². The molecule has 9 rings (SSSR count). The molecule has 3 atom stereocenters. The van der Waals surface area contributed by atoms with Gasteiger partial charge in [0.1, 0.15) is 6.04 Å². The number of amides is 6. The molecule has 4 N–H and O–H groups in total. The molecule has 5 saturated heterocycles. The smallest absolute Gasteiger partial charge is 0.262 e. The normalized spacial score (nSPS) is 24.3. The van der Waals surface area contributed by atoms with E-state index in [2.05, 4.69) is 54.5 Å². The van der Waals surface area contributed by atoms with Crippen LogP contribution in [0.15, 0.2) is 60.7 Å². The largest absolute Gasteiger partial charge is 0.371 e. The molecule has 14 nitrogen and oxygen atoms in total. The first-order chi connectivity index (χ1) is 28.6. The van der Waals surface area contributed by atoms with Crippen LogP contribution in [0, 0.1) is 5.92 Å². The molecule has 0 bridgehead atoms. The highest BCUT2D eigenvalue weighted by Gasteiger charge is 2.45. The maximum absolute atomic E-state index is 13.4. The molecule has 2 unspecified atom stereocenters. The van der Waals surface area contributed by atoms with Crippen molar-refractivity contribution in [1.82, 2.24) is 20.0 Å². The summed E-state index contributed by atoms with van der Waals surface area (Å²) in [4.78, 5) is 85.8. The number of rotatable bonds is 10. The van der Waals surface area contributed by atoms with Crippen LogP contribution in [0.5, 0.6) is 0 Å². The molecule has 3 aromatic carbocycles. The number of piperidine rings is 3. The molecule has 6 aliphatic rings. The molecule has 14 heteroatoms. The summed E-state index contributed by atoms with van der Waals surface area (Å²) in [6.07, 6.45) is 7.02. The fourth-order valence-electron chi connectivity index (χ4n) is 10.2. The SMILES string of the molecule is NC(=O)c1ccc(N2CCCC(N3CCCC3=O)C2)cc1Nc1ccc(C2CCN(C[C@@H]3CCN(c4ccc5c(c4)C(=O)N(C4CCC(=O)NC4=O)C5=O)C3)CC2)cc1. The van der Waals surface area contributed by atoms with Gasteiger partial charge >= 0.3 is 0 Å². The van der Waals surface area contributed by atoms with Gasteiger partial charge in [0.05, 0.1) is 22.4 Å². The first-order valence-corrected chi connectivity index (χ1v) is 21.3. The predicted molar refractivity (Wildman–Crippen MR) is 223 cm³/mol. The number of fused-ring (bicyclic) bond motifs is 1. The zero-order valence-electron chi connectivity index (χ0n) is 33.4. The Bertz CT molecular complexity index is 2180. The Morgan fingerprint density at radius 1 is 0.729 bits per heavy atom. The molecular formula is C45H52N8O6. The summed E-state index contributed by atoms with van der Waals surface area (Å²) in [6, 6.07) is 18.9. The van der Waals surface area contributed by atoms with Crippen LogP contribution >= 0.6 is 0 Å². The van der Waals surface area contributed by atoms with Crippen molar-refractivity contribution in [3.8, 4) is 0 Å². The molecule has 5 fully saturated rings. The van der Waals surface area contributed by atoms with Gasteiger partial charge in [0.2, 0.25) is 17.7 Å².